The van der Waals surface area contributed by atoms with Gasteiger partial charge in [0.05, 0.1) is 7.11 Å². The highest BCUT2D eigenvalue weighted by Gasteiger charge is 2.14. The highest BCUT2D eigenvalue weighted by Crippen LogP contribution is 2.08. The maximum atomic E-state index is 11.8. The summed E-state index contributed by atoms with van der Waals surface area (Å²) in [7, 11) is 3.00. The second-order valence-corrected chi connectivity index (χ2v) is 3.58. The minimum Gasteiger partial charge on any atom is -0.306 e. The smallest absolute Gasteiger partial charge is 0.297 e. The summed E-state index contributed by atoms with van der Waals surface area (Å²) in [6.07, 6.45) is 3.62. The van der Waals surface area contributed by atoms with Crippen LogP contribution in [-0.4, -0.2) is 34.5 Å². The Morgan fingerprint density at radius 3 is 2.88 bits per heavy atom. The average Bonchev–Trinajstić information content (AvgIpc) is 2.69. The van der Waals surface area contributed by atoms with Crippen molar-refractivity contribution in [3.8, 4) is 0 Å². The van der Waals surface area contributed by atoms with Crippen molar-refractivity contribution in [2.45, 2.75) is 6.92 Å². The minimum atomic E-state index is -0.260. The van der Waals surface area contributed by atoms with E-state index in [9.17, 15) is 4.79 Å². The van der Waals surface area contributed by atoms with Gasteiger partial charge >= 0.3 is 0 Å². The fourth-order valence-corrected chi connectivity index (χ4v) is 1.45. The standard InChI is InChI=1S/C11H13N3O2/c1-8-4-5-10-12-9(7-14(10)6-8)11(15)13(2)16-3/h4-7H,1-3H3. The van der Waals surface area contributed by atoms with Gasteiger partial charge in [0.15, 0.2) is 0 Å². The SMILES string of the molecule is CON(C)C(=O)c1cn2cc(C)ccc2n1. The van der Waals surface area contributed by atoms with Gasteiger partial charge in [0.1, 0.15) is 11.3 Å². The topological polar surface area (TPSA) is 46.8 Å². The molecule has 0 aromatic carbocycles. The van der Waals surface area contributed by atoms with E-state index in [1.807, 2.05) is 29.7 Å². The Morgan fingerprint density at radius 2 is 2.19 bits per heavy atom. The summed E-state index contributed by atoms with van der Waals surface area (Å²) in [4.78, 5) is 20.8. The first kappa shape index (κ1) is 10.6. The molecule has 0 fully saturated rings. The first-order valence-electron chi connectivity index (χ1n) is 4.89. The Kier molecular flexibility index (Phi) is 2.62. The van der Waals surface area contributed by atoms with Crippen molar-refractivity contribution in [2.24, 2.45) is 0 Å². The van der Waals surface area contributed by atoms with Crippen LogP contribution in [0.25, 0.3) is 5.65 Å². The normalized spacial score (nSPS) is 10.7. The van der Waals surface area contributed by atoms with Crippen molar-refractivity contribution in [1.29, 1.82) is 0 Å². The number of hydroxylamine groups is 2. The lowest BCUT2D eigenvalue weighted by molar-refractivity contribution is -0.0760. The minimum absolute atomic E-state index is 0.260. The second kappa shape index (κ2) is 3.94. The quantitative estimate of drug-likeness (QED) is 0.715. The molecule has 2 aromatic heterocycles. The summed E-state index contributed by atoms with van der Waals surface area (Å²) in [5.41, 5.74) is 2.23. The van der Waals surface area contributed by atoms with E-state index in [0.717, 1.165) is 16.3 Å². The Labute approximate surface area is 93.2 Å². The lowest BCUT2D eigenvalue weighted by Crippen LogP contribution is -2.25. The molecule has 0 spiro atoms. The fourth-order valence-electron chi connectivity index (χ4n) is 1.45. The molecule has 84 valence electrons. The van der Waals surface area contributed by atoms with Crippen molar-refractivity contribution in [3.63, 3.8) is 0 Å². The Balaban J connectivity index is 2.43. The van der Waals surface area contributed by atoms with Gasteiger partial charge in [-0.2, -0.15) is 0 Å². The van der Waals surface area contributed by atoms with Crippen LogP contribution in [-0.2, 0) is 4.84 Å². The molecule has 0 radical (unpaired) electrons. The van der Waals surface area contributed by atoms with Crippen LogP contribution in [0.3, 0.4) is 0 Å². The summed E-state index contributed by atoms with van der Waals surface area (Å²) < 4.78 is 1.83. The van der Waals surface area contributed by atoms with Crippen LogP contribution in [0.4, 0.5) is 0 Å². The van der Waals surface area contributed by atoms with Crippen LogP contribution in [0.1, 0.15) is 16.1 Å². The zero-order valence-electron chi connectivity index (χ0n) is 9.47. The molecule has 0 saturated carbocycles. The van der Waals surface area contributed by atoms with E-state index in [1.54, 1.807) is 13.2 Å². The van der Waals surface area contributed by atoms with Gasteiger partial charge < -0.3 is 4.40 Å². The average molecular weight is 219 g/mol. The number of aromatic nitrogens is 2. The molecule has 16 heavy (non-hydrogen) atoms. The first-order chi connectivity index (χ1) is 7.61. The van der Waals surface area contributed by atoms with E-state index in [4.69, 9.17) is 4.84 Å². The number of pyridine rings is 1. The number of carbonyl (C=O) groups excluding carboxylic acids is 1. The van der Waals surface area contributed by atoms with E-state index in [1.165, 1.54) is 7.11 Å². The zero-order chi connectivity index (χ0) is 11.7. The van der Waals surface area contributed by atoms with Gasteiger partial charge in [-0.1, -0.05) is 6.07 Å². The van der Waals surface area contributed by atoms with E-state index in [0.29, 0.717) is 5.69 Å². The number of nitrogens with zero attached hydrogens (tertiary/aromatic N) is 3. The van der Waals surface area contributed by atoms with Gasteiger partial charge in [0.25, 0.3) is 5.91 Å². The maximum Gasteiger partial charge on any atom is 0.297 e. The number of aryl methyl sites for hydroxylation is 1. The highest BCUT2D eigenvalue weighted by atomic mass is 16.7. The highest BCUT2D eigenvalue weighted by molar-refractivity contribution is 5.92. The predicted octanol–water partition coefficient (Wildman–Crippen LogP) is 1.28. The van der Waals surface area contributed by atoms with E-state index in [2.05, 4.69) is 4.98 Å². The Bertz CT molecular complexity index is 533. The van der Waals surface area contributed by atoms with Crippen LogP contribution in [0, 0.1) is 6.92 Å². The molecule has 0 aliphatic heterocycles. The van der Waals surface area contributed by atoms with Crippen molar-refractivity contribution >= 4 is 11.6 Å². The van der Waals surface area contributed by atoms with Crippen LogP contribution in [0.2, 0.25) is 0 Å². The molecule has 0 aliphatic rings. The molecule has 0 aliphatic carbocycles. The maximum absolute atomic E-state index is 11.8. The van der Waals surface area contributed by atoms with Gasteiger partial charge in [-0.05, 0) is 18.6 Å². The zero-order valence-corrected chi connectivity index (χ0v) is 9.47. The number of rotatable bonds is 2. The largest absolute Gasteiger partial charge is 0.306 e. The van der Waals surface area contributed by atoms with Gasteiger partial charge in [-0.25, -0.2) is 10.0 Å². The third-order valence-electron chi connectivity index (χ3n) is 2.38. The Morgan fingerprint density at radius 1 is 1.44 bits per heavy atom. The molecule has 2 heterocycles. The number of amides is 1. The molecule has 1 amide bonds. The lowest BCUT2D eigenvalue weighted by atomic mass is 10.3. The summed E-state index contributed by atoms with van der Waals surface area (Å²) in [5, 5.41) is 1.15. The number of hydrogen-bond donors (Lipinski definition) is 0. The molecule has 0 unspecified atom stereocenters. The monoisotopic (exact) mass is 219 g/mol. The molecule has 0 N–H and O–H groups in total. The van der Waals surface area contributed by atoms with Crippen molar-refractivity contribution in [1.82, 2.24) is 14.4 Å². The van der Waals surface area contributed by atoms with Crippen LogP contribution in [0.15, 0.2) is 24.5 Å². The van der Waals surface area contributed by atoms with Gasteiger partial charge in [-0.15, -0.1) is 0 Å². The number of imidazole rings is 1. The predicted molar refractivity (Wildman–Crippen MR) is 59.0 cm³/mol. The van der Waals surface area contributed by atoms with Crippen LogP contribution >= 0.6 is 0 Å². The fraction of sp³-hybridized carbons (Fsp3) is 0.273. The van der Waals surface area contributed by atoms with Gasteiger partial charge in [0, 0.05) is 19.4 Å². The van der Waals surface area contributed by atoms with E-state index >= 15 is 0 Å². The number of carbonyl (C=O) groups is 1. The van der Waals surface area contributed by atoms with Crippen molar-refractivity contribution in [3.05, 3.63) is 35.8 Å². The van der Waals surface area contributed by atoms with Gasteiger partial charge in [-0.3, -0.25) is 9.63 Å². The molecular weight excluding hydrogens is 206 g/mol. The van der Waals surface area contributed by atoms with Crippen LogP contribution in [0.5, 0.6) is 0 Å². The molecule has 2 aromatic rings. The summed E-state index contributed by atoms with van der Waals surface area (Å²) >= 11 is 0. The van der Waals surface area contributed by atoms with Gasteiger partial charge in [0.2, 0.25) is 0 Å². The lowest BCUT2D eigenvalue weighted by Gasteiger charge is -2.10. The second-order valence-electron chi connectivity index (χ2n) is 3.58. The third-order valence-corrected chi connectivity index (χ3v) is 2.38. The summed E-state index contributed by atoms with van der Waals surface area (Å²) in [6.45, 7) is 1.99. The van der Waals surface area contributed by atoms with Crippen molar-refractivity contribution < 1.29 is 9.63 Å². The molecule has 5 heteroatoms. The number of hydrogen-bond acceptors (Lipinski definition) is 3. The molecule has 0 saturated heterocycles. The third kappa shape index (κ3) is 1.77. The first-order valence-corrected chi connectivity index (χ1v) is 4.89. The Hall–Kier alpha value is -1.88. The molecule has 0 bridgehead atoms. The molecule has 2 rings (SSSR count). The summed E-state index contributed by atoms with van der Waals surface area (Å²) in [5.74, 6) is -0.260. The van der Waals surface area contributed by atoms with Crippen molar-refractivity contribution in [2.75, 3.05) is 14.2 Å². The molecular formula is C11H13N3O2. The molecule has 0 atom stereocenters. The van der Waals surface area contributed by atoms with Crippen LogP contribution < -0.4 is 0 Å². The van der Waals surface area contributed by atoms with E-state index in [-0.39, 0.29) is 5.91 Å². The molecule has 5 nitrogen and oxygen atoms in total. The number of fused-ring (bicyclic) bond motifs is 1. The van der Waals surface area contributed by atoms with E-state index < -0.39 is 0 Å². The summed E-state index contributed by atoms with van der Waals surface area (Å²) in [6, 6.07) is 3.83.